The lowest BCUT2D eigenvalue weighted by Gasteiger charge is -2.32. The van der Waals surface area contributed by atoms with Gasteiger partial charge in [-0.1, -0.05) is 54.6 Å². The summed E-state index contributed by atoms with van der Waals surface area (Å²) in [6.07, 6.45) is -3.63. The summed E-state index contributed by atoms with van der Waals surface area (Å²) < 4.78 is 43.4. The molecule has 4 rings (SSSR count). The summed E-state index contributed by atoms with van der Waals surface area (Å²) in [7, 11) is 0. The van der Waals surface area contributed by atoms with Gasteiger partial charge in [-0.2, -0.15) is 13.2 Å². The molecule has 0 aliphatic carbocycles. The molecule has 0 saturated carbocycles. The molecule has 1 saturated heterocycles. The first kappa shape index (κ1) is 24.5. The summed E-state index contributed by atoms with van der Waals surface area (Å²) >= 11 is 0. The predicted octanol–water partition coefficient (Wildman–Crippen LogP) is 5.30. The summed E-state index contributed by atoms with van der Waals surface area (Å²) in [4.78, 5) is 26.4. The summed E-state index contributed by atoms with van der Waals surface area (Å²) in [5.41, 5.74) is 9.01. The van der Waals surface area contributed by atoms with Crippen molar-refractivity contribution in [3.05, 3.63) is 89.5 Å². The molecular weight excluding hydrogens is 457 g/mol. The smallest absolute Gasteiger partial charge is 0.419 e. The lowest BCUT2D eigenvalue weighted by atomic mass is 9.88. The van der Waals surface area contributed by atoms with E-state index in [1.165, 1.54) is 17.7 Å². The minimum absolute atomic E-state index is 0.165. The van der Waals surface area contributed by atoms with E-state index in [1.807, 2.05) is 12.1 Å². The van der Waals surface area contributed by atoms with Crippen LogP contribution in [-0.4, -0.2) is 36.0 Å². The molecule has 1 heterocycles. The summed E-state index contributed by atoms with van der Waals surface area (Å²) in [6, 6.07) is 20.9. The lowest BCUT2D eigenvalue weighted by molar-refractivity contribution is -0.189. The summed E-state index contributed by atoms with van der Waals surface area (Å²) in [5, 5.41) is 0. The third kappa shape index (κ3) is 5.71. The highest BCUT2D eigenvalue weighted by Gasteiger charge is 2.42. The van der Waals surface area contributed by atoms with E-state index >= 15 is 0 Å². The van der Waals surface area contributed by atoms with Gasteiger partial charge in [0.25, 0.3) is 5.91 Å². The molecule has 8 heteroatoms. The number of alkyl halides is 3. The number of halogens is 3. The Hall–Kier alpha value is -3.65. The summed E-state index contributed by atoms with van der Waals surface area (Å²) in [6.45, 7) is 1.48. The largest absolute Gasteiger partial charge is 0.491 e. The molecule has 2 N–H and O–H groups in total. The first-order valence-corrected chi connectivity index (χ1v) is 11.3. The van der Waals surface area contributed by atoms with Gasteiger partial charge in [0.15, 0.2) is 0 Å². The van der Waals surface area contributed by atoms with Gasteiger partial charge in [0.2, 0.25) is 0 Å². The molecule has 0 radical (unpaired) electrons. The second-order valence-corrected chi connectivity index (χ2v) is 8.48. The average Bonchev–Trinajstić information content (AvgIpc) is 2.88. The van der Waals surface area contributed by atoms with Crippen LogP contribution >= 0.6 is 0 Å². The average molecular weight is 483 g/mol. The highest BCUT2D eigenvalue weighted by molar-refractivity contribution is 5.96. The van der Waals surface area contributed by atoms with Crippen molar-refractivity contribution in [3.8, 4) is 16.9 Å². The Morgan fingerprint density at radius 2 is 1.66 bits per heavy atom. The van der Waals surface area contributed by atoms with Gasteiger partial charge in [-0.15, -0.1) is 0 Å². The first-order chi connectivity index (χ1) is 16.8. The highest BCUT2D eigenvalue weighted by atomic mass is 19.4. The molecule has 5 nitrogen and oxygen atoms in total. The van der Waals surface area contributed by atoms with Crippen molar-refractivity contribution < 1.29 is 27.5 Å². The number of rotatable bonds is 5. The molecule has 0 unspecified atom stereocenters. The van der Waals surface area contributed by atoms with Crippen molar-refractivity contribution in [2.45, 2.75) is 31.5 Å². The Morgan fingerprint density at radius 3 is 2.31 bits per heavy atom. The number of nitrogens with two attached hydrogens (primary N) is 1. The zero-order valence-electron chi connectivity index (χ0n) is 18.9. The molecule has 3 aromatic rings. The number of esters is 1. The van der Waals surface area contributed by atoms with Crippen LogP contribution in [0.3, 0.4) is 0 Å². The Kier molecular flexibility index (Phi) is 7.21. The number of amides is 1. The number of hydrogen-bond acceptors (Lipinski definition) is 4. The van der Waals surface area contributed by atoms with Gasteiger partial charge in [-0.05, 0) is 53.6 Å². The lowest BCUT2D eigenvalue weighted by Crippen LogP contribution is -2.38. The number of benzene rings is 3. The van der Waals surface area contributed by atoms with Crippen molar-refractivity contribution in [1.82, 2.24) is 4.90 Å². The normalized spacial score (nSPS) is 14.6. The zero-order valence-corrected chi connectivity index (χ0v) is 18.9. The van der Waals surface area contributed by atoms with Crippen LogP contribution in [0.5, 0.6) is 5.75 Å². The second kappa shape index (κ2) is 10.3. The molecule has 1 aliphatic rings. The number of piperidine rings is 1. The molecule has 1 fully saturated rings. The molecular formula is C27H25F3N2O3. The molecule has 35 heavy (non-hydrogen) atoms. The number of hydrogen-bond donors (Lipinski definition) is 1. The standard InChI is InChI=1S/C27H25F3N2O3/c28-27(29,30)26(34)35-24-16-22(9-10-23(24)20-6-2-1-3-7-20)25(33)32-13-11-19(12-14-32)21-8-4-5-18(15-21)17-31/h1-10,15-16,19H,11-14,17,31H2. The number of carbonyl (C=O) groups is 2. The Balaban J connectivity index is 1.53. The second-order valence-electron chi connectivity index (χ2n) is 8.48. The maximum Gasteiger partial charge on any atom is 0.491 e. The third-order valence-electron chi connectivity index (χ3n) is 6.19. The molecule has 1 amide bonds. The van der Waals surface area contributed by atoms with E-state index in [1.54, 1.807) is 41.3 Å². The minimum Gasteiger partial charge on any atom is -0.419 e. The van der Waals surface area contributed by atoms with Gasteiger partial charge >= 0.3 is 12.1 Å². The van der Waals surface area contributed by atoms with Crippen LogP contribution in [-0.2, 0) is 11.3 Å². The molecule has 0 bridgehead atoms. The summed E-state index contributed by atoms with van der Waals surface area (Å²) in [5.74, 6) is -2.66. The minimum atomic E-state index is -5.16. The van der Waals surface area contributed by atoms with Crippen LogP contribution in [0, 0.1) is 0 Å². The van der Waals surface area contributed by atoms with E-state index in [2.05, 4.69) is 12.1 Å². The fraction of sp³-hybridized carbons (Fsp3) is 0.259. The Morgan fingerprint density at radius 1 is 0.943 bits per heavy atom. The third-order valence-corrected chi connectivity index (χ3v) is 6.19. The quantitative estimate of drug-likeness (QED) is 0.396. The number of nitrogens with zero attached hydrogens (tertiary/aromatic N) is 1. The number of ether oxygens (including phenoxy) is 1. The number of carbonyl (C=O) groups excluding carboxylic acids is 2. The maximum atomic E-state index is 13.2. The Bertz CT molecular complexity index is 1200. The molecule has 0 spiro atoms. The molecule has 0 atom stereocenters. The zero-order chi connectivity index (χ0) is 25.0. The van der Waals surface area contributed by atoms with Crippen molar-refractivity contribution in [2.75, 3.05) is 13.1 Å². The highest BCUT2D eigenvalue weighted by Crippen LogP contribution is 2.34. The van der Waals surface area contributed by atoms with Crippen molar-refractivity contribution >= 4 is 11.9 Å². The van der Waals surface area contributed by atoms with Crippen LogP contribution < -0.4 is 10.5 Å². The van der Waals surface area contributed by atoms with E-state index < -0.39 is 12.1 Å². The van der Waals surface area contributed by atoms with Crippen molar-refractivity contribution in [1.29, 1.82) is 0 Å². The van der Waals surface area contributed by atoms with E-state index in [0.29, 0.717) is 36.7 Å². The maximum absolute atomic E-state index is 13.2. The fourth-order valence-corrected chi connectivity index (χ4v) is 4.33. The van der Waals surface area contributed by atoms with Crippen LogP contribution in [0.25, 0.3) is 11.1 Å². The van der Waals surface area contributed by atoms with Gasteiger partial charge in [-0.3, -0.25) is 4.79 Å². The fourth-order valence-electron chi connectivity index (χ4n) is 4.33. The van der Waals surface area contributed by atoms with E-state index in [0.717, 1.165) is 18.4 Å². The first-order valence-electron chi connectivity index (χ1n) is 11.3. The van der Waals surface area contributed by atoms with E-state index in [9.17, 15) is 22.8 Å². The molecule has 182 valence electrons. The van der Waals surface area contributed by atoms with Crippen molar-refractivity contribution in [2.24, 2.45) is 5.73 Å². The van der Waals surface area contributed by atoms with Crippen LogP contribution in [0.1, 0.15) is 40.2 Å². The number of likely N-dealkylation sites (tertiary alicyclic amines) is 1. The van der Waals surface area contributed by atoms with Gasteiger partial charge in [-0.25, -0.2) is 4.79 Å². The van der Waals surface area contributed by atoms with Gasteiger partial charge in [0, 0.05) is 30.8 Å². The van der Waals surface area contributed by atoms with E-state index in [4.69, 9.17) is 10.5 Å². The SMILES string of the molecule is NCc1cccc(C2CCN(C(=O)c3ccc(-c4ccccc4)c(OC(=O)C(F)(F)F)c3)CC2)c1. The van der Waals surface area contributed by atoms with Gasteiger partial charge < -0.3 is 15.4 Å². The Labute approximate surface area is 201 Å². The van der Waals surface area contributed by atoms with Crippen LogP contribution in [0.4, 0.5) is 13.2 Å². The van der Waals surface area contributed by atoms with Crippen LogP contribution in [0.15, 0.2) is 72.8 Å². The monoisotopic (exact) mass is 482 g/mol. The van der Waals surface area contributed by atoms with Gasteiger partial charge in [0.1, 0.15) is 5.75 Å². The molecule has 0 aromatic heterocycles. The predicted molar refractivity (Wildman–Crippen MR) is 126 cm³/mol. The molecule has 3 aromatic carbocycles. The molecule has 1 aliphatic heterocycles. The van der Waals surface area contributed by atoms with Crippen LogP contribution in [0.2, 0.25) is 0 Å². The van der Waals surface area contributed by atoms with Gasteiger partial charge in [0.05, 0.1) is 0 Å². The topological polar surface area (TPSA) is 72.6 Å². The van der Waals surface area contributed by atoms with E-state index in [-0.39, 0.29) is 17.2 Å². The van der Waals surface area contributed by atoms with Crippen molar-refractivity contribution in [3.63, 3.8) is 0 Å².